The second kappa shape index (κ2) is 9.93. The molecule has 0 unspecified atom stereocenters. The number of aromatic nitrogens is 1. The molecule has 0 spiro atoms. The number of carbonyl (C=O) groups excluding carboxylic acids is 2. The van der Waals surface area contributed by atoms with Crippen molar-refractivity contribution in [1.29, 1.82) is 5.26 Å². The lowest BCUT2D eigenvalue weighted by Crippen LogP contribution is -2.18. The summed E-state index contributed by atoms with van der Waals surface area (Å²) >= 11 is 0. The Kier molecular flexibility index (Phi) is 7.60. The summed E-state index contributed by atoms with van der Waals surface area (Å²) in [7, 11) is 0. The standard InChI is InChI=1S/C24H30N4O2/c1-7-10-28-17(5)11-19(18(28)6)12-20(14-25)24(30)27-22-13-21(9-8-16(22)4)26-23(29)15(2)3/h8-9,11-13,15H,7,10H2,1-6H3,(H,26,29)(H,27,30)/b20-12+. The molecule has 6 heteroatoms. The van der Waals surface area contributed by atoms with Gasteiger partial charge in [0.05, 0.1) is 0 Å². The van der Waals surface area contributed by atoms with Crippen LogP contribution in [0.15, 0.2) is 29.8 Å². The Balaban J connectivity index is 2.28. The molecule has 6 nitrogen and oxygen atoms in total. The van der Waals surface area contributed by atoms with Crippen LogP contribution in [0.25, 0.3) is 6.08 Å². The molecule has 0 saturated heterocycles. The number of anilines is 2. The van der Waals surface area contributed by atoms with Crippen molar-refractivity contribution in [3.63, 3.8) is 0 Å². The van der Waals surface area contributed by atoms with Crippen LogP contribution in [0.4, 0.5) is 11.4 Å². The molecule has 0 radical (unpaired) electrons. The van der Waals surface area contributed by atoms with Crippen LogP contribution < -0.4 is 10.6 Å². The SMILES string of the molecule is CCCn1c(C)cc(/C=C(\C#N)C(=O)Nc2cc(NC(=O)C(C)C)ccc2C)c1C. The summed E-state index contributed by atoms with van der Waals surface area (Å²) in [5.41, 5.74) is 5.01. The highest BCUT2D eigenvalue weighted by atomic mass is 16.2. The lowest BCUT2D eigenvalue weighted by atomic mass is 10.1. The Labute approximate surface area is 178 Å². The minimum atomic E-state index is -0.478. The van der Waals surface area contributed by atoms with Crippen molar-refractivity contribution >= 4 is 29.3 Å². The maximum atomic E-state index is 12.8. The number of amides is 2. The van der Waals surface area contributed by atoms with Gasteiger partial charge < -0.3 is 15.2 Å². The molecule has 2 rings (SSSR count). The third-order valence-electron chi connectivity index (χ3n) is 5.00. The monoisotopic (exact) mass is 406 g/mol. The molecular weight excluding hydrogens is 376 g/mol. The Hall–Kier alpha value is -3.33. The van der Waals surface area contributed by atoms with Crippen LogP contribution in [-0.4, -0.2) is 16.4 Å². The number of aryl methyl sites for hydroxylation is 2. The maximum Gasteiger partial charge on any atom is 0.266 e. The average molecular weight is 407 g/mol. The number of nitrogens with zero attached hydrogens (tertiary/aromatic N) is 2. The summed E-state index contributed by atoms with van der Waals surface area (Å²) in [5, 5.41) is 15.2. The van der Waals surface area contributed by atoms with Crippen LogP contribution in [0, 0.1) is 38.0 Å². The molecule has 1 aromatic carbocycles. The highest BCUT2D eigenvalue weighted by Crippen LogP contribution is 2.23. The van der Waals surface area contributed by atoms with Gasteiger partial charge in [0.15, 0.2) is 0 Å². The molecule has 1 heterocycles. The van der Waals surface area contributed by atoms with Gasteiger partial charge in [0.2, 0.25) is 5.91 Å². The minimum Gasteiger partial charge on any atom is -0.349 e. The van der Waals surface area contributed by atoms with Gasteiger partial charge in [-0.2, -0.15) is 5.26 Å². The normalized spacial score (nSPS) is 11.3. The van der Waals surface area contributed by atoms with Crippen LogP contribution in [0.2, 0.25) is 0 Å². The lowest BCUT2D eigenvalue weighted by Gasteiger charge is -2.12. The molecule has 0 saturated carbocycles. The molecule has 1 aromatic heterocycles. The molecule has 2 aromatic rings. The molecule has 0 aliphatic heterocycles. The van der Waals surface area contributed by atoms with E-state index in [9.17, 15) is 14.9 Å². The molecule has 2 amide bonds. The summed E-state index contributed by atoms with van der Waals surface area (Å²) < 4.78 is 2.18. The predicted molar refractivity (Wildman–Crippen MR) is 121 cm³/mol. The van der Waals surface area contributed by atoms with Gasteiger partial charge in [0.1, 0.15) is 11.6 Å². The van der Waals surface area contributed by atoms with Gasteiger partial charge >= 0.3 is 0 Å². The van der Waals surface area contributed by atoms with Crippen molar-refractivity contribution in [2.45, 2.75) is 54.5 Å². The average Bonchev–Trinajstić information content (AvgIpc) is 2.96. The predicted octanol–water partition coefficient (Wildman–Crippen LogP) is 4.96. The largest absolute Gasteiger partial charge is 0.349 e. The fourth-order valence-corrected chi connectivity index (χ4v) is 3.16. The van der Waals surface area contributed by atoms with E-state index in [0.29, 0.717) is 11.4 Å². The second-order valence-electron chi connectivity index (χ2n) is 7.78. The first-order chi connectivity index (χ1) is 14.2. The molecule has 158 valence electrons. The second-order valence-corrected chi connectivity index (χ2v) is 7.78. The highest BCUT2D eigenvalue weighted by Gasteiger charge is 2.15. The third-order valence-corrected chi connectivity index (χ3v) is 5.00. The third kappa shape index (κ3) is 5.38. The Morgan fingerprint density at radius 1 is 1.17 bits per heavy atom. The summed E-state index contributed by atoms with van der Waals surface area (Å²) in [6, 6.07) is 9.31. The molecule has 30 heavy (non-hydrogen) atoms. The van der Waals surface area contributed by atoms with Gasteiger partial charge in [0, 0.05) is 35.2 Å². The van der Waals surface area contributed by atoms with Crippen LogP contribution in [0.5, 0.6) is 0 Å². The van der Waals surface area contributed by atoms with Crippen molar-refractivity contribution in [3.8, 4) is 6.07 Å². The van der Waals surface area contributed by atoms with Crippen LogP contribution in [-0.2, 0) is 16.1 Å². The van der Waals surface area contributed by atoms with E-state index in [4.69, 9.17) is 0 Å². The summed E-state index contributed by atoms with van der Waals surface area (Å²) in [6.45, 7) is 12.5. The van der Waals surface area contributed by atoms with E-state index in [1.807, 2.05) is 52.8 Å². The Morgan fingerprint density at radius 3 is 2.47 bits per heavy atom. The van der Waals surface area contributed by atoms with Crippen molar-refractivity contribution in [2.75, 3.05) is 10.6 Å². The number of benzene rings is 1. The van der Waals surface area contributed by atoms with Gasteiger partial charge in [-0.1, -0.05) is 26.8 Å². The highest BCUT2D eigenvalue weighted by molar-refractivity contribution is 6.10. The van der Waals surface area contributed by atoms with Crippen LogP contribution >= 0.6 is 0 Å². The van der Waals surface area contributed by atoms with E-state index in [2.05, 4.69) is 22.1 Å². The zero-order chi connectivity index (χ0) is 22.4. The first-order valence-corrected chi connectivity index (χ1v) is 10.2. The fourth-order valence-electron chi connectivity index (χ4n) is 3.16. The zero-order valence-corrected chi connectivity index (χ0v) is 18.6. The Bertz CT molecular complexity index is 1020. The lowest BCUT2D eigenvalue weighted by molar-refractivity contribution is -0.119. The van der Waals surface area contributed by atoms with E-state index in [0.717, 1.165) is 35.5 Å². The molecule has 0 aliphatic rings. The molecule has 0 fully saturated rings. The molecule has 0 aliphatic carbocycles. The number of rotatable bonds is 7. The number of hydrogen-bond acceptors (Lipinski definition) is 3. The number of carbonyl (C=O) groups is 2. The quantitative estimate of drug-likeness (QED) is 0.503. The molecule has 2 N–H and O–H groups in total. The summed E-state index contributed by atoms with van der Waals surface area (Å²) in [6.07, 6.45) is 2.64. The van der Waals surface area contributed by atoms with Crippen LogP contribution in [0.1, 0.15) is 49.7 Å². The number of hydrogen-bond donors (Lipinski definition) is 2. The fraction of sp³-hybridized carbons (Fsp3) is 0.375. The summed E-state index contributed by atoms with van der Waals surface area (Å²) in [5.74, 6) is -0.728. The number of nitrogens with one attached hydrogen (secondary N) is 2. The van der Waals surface area contributed by atoms with Crippen molar-refractivity contribution in [3.05, 3.63) is 52.4 Å². The van der Waals surface area contributed by atoms with Gasteiger partial charge in [-0.15, -0.1) is 0 Å². The van der Waals surface area contributed by atoms with Gasteiger partial charge in [-0.3, -0.25) is 9.59 Å². The first kappa shape index (κ1) is 23.0. The van der Waals surface area contributed by atoms with Gasteiger partial charge in [0.25, 0.3) is 5.91 Å². The van der Waals surface area contributed by atoms with Crippen molar-refractivity contribution in [2.24, 2.45) is 5.92 Å². The minimum absolute atomic E-state index is 0.0303. The topological polar surface area (TPSA) is 86.9 Å². The van der Waals surface area contributed by atoms with Gasteiger partial charge in [-0.25, -0.2) is 0 Å². The molecule has 0 bridgehead atoms. The van der Waals surface area contributed by atoms with Crippen molar-refractivity contribution in [1.82, 2.24) is 4.57 Å². The van der Waals surface area contributed by atoms with E-state index in [1.165, 1.54) is 0 Å². The number of nitriles is 1. The van der Waals surface area contributed by atoms with E-state index < -0.39 is 5.91 Å². The summed E-state index contributed by atoms with van der Waals surface area (Å²) in [4.78, 5) is 24.7. The zero-order valence-electron chi connectivity index (χ0n) is 18.6. The maximum absolute atomic E-state index is 12.8. The van der Waals surface area contributed by atoms with E-state index in [1.54, 1.807) is 18.2 Å². The van der Waals surface area contributed by atoms with Gasteiger partial charge in [-0.05, 0) is 62.6 Å². The van der Waals surface area contributed by atoms with Crippen LogP contribution in [0.3, 0.4) is 0 Å². The molecular formula is C24H30N4O2. The van der Waals surface area contributed by atoms with E-state index >= 15 is 0 Å². The Morgan fingerprint density at radius 2 is 1.87 bits per heavy atom. The van der Waals surface area contributed by atoms with Crippen molar-refractivity contribution < 1.29 is 9.59 Å². The first-order valence-electron chi connectivity index (χ1n) is 10.2. The molecule has 0 atom stereocenters. The van der Waals surface area contributed by atoms with E-state index in [-0.39, 0.29) is 17.4 Å². The smallest absolute Gasteiger partial charge is 0.266 e.